The summed E-state index contributed by atoms with van der Waals surface area (Å²) in [5.41, 5.74) is 1.17. The maximum atomic E-state index is 12.8. The molecule has 0 unspecified atom stereocenters. The Morgan fingerprint density at radius 3 is 2.57 bits per heavy atom. The molecule has 2 aromatic rings. The highest BCUT2D eigenvalue weighted by molar-refractivity contribution is 6.39. The highest BCUT2D eigenvalue weighted by Gasteiger charge is 2.33. The molecule has 2 amide bonds. The third-order valence-electron chi connectivity index (χ3n) is 3.51. The lowest BCUT2D eigenvalue weighted by Gasteiger charge is -2.11. The van der Waals surface area contributed by atoms with Gasteiger partial charge in [0.25, 0.3) is 0 Å². The van der Waals surface area contributed by atoms with E-state index in [2.05, 4.69) is 5.10 Å². The fourth-order valence-corrected chi connectivity index (χ4v) is 2.44. The van der Waals surface area contributed by atoms with Crippen molar-refractivity contribution in [3.8, 4) is 11.5 Å². The molecule has 1 aliphatic rings. The Kier molecular flexibility index (Phi) is 5.41. The largest absolute Gasteiger partial charge is 0.454 e. The van der Waals surface area contributed by atoms with Gasteiger partial charge in [0.15, 0.2) is 11.5 Å². The second kappa shape index (κ2) is 7.77. The van der Waals surface area contributed by atoms with Gasteiger partial charge in [-0.15, -0.1) is 0 Å². The fraction of sp³-hybridized carbons (Fsp3) is 0.118. The predicted molar refractivity (Wildman–Crippen MR) is 93.4 cm³/mol. The molecule has 2 N–H and O–H groups in total. The van der Waals surface area contributed by atoms with Crippen molar-refractivity contribution < 1.29 is 32.2 Å². The first-order valence-electron chi connectivity index (χ1n) is 7.65. The number of benzene rings is 2. The number of carbonyl (C=O) groups is 2. The zero-order valence-corrected chi connectivity index (χ0v) is 14.6. The lowest BCUT2D eigenvalue weighted by molar-refractivity contribution is -0.137. The molecule has 11 heteroatoms. The Labute approximate surface area is 161 Å². The van der Waals surface area contributed by atoms with Crippen LogP contribution < -0.4 is 20.2 Å². The van der Waals surface area contributed by atoms with Gasteiger partial charge >= 0.3 is 18.0 Å². The number of ether oxygens (including phenoxy) is 2. The second-order valence-corrected chi connectivity index (χ2v) is 5.87. The Hall–Kier alpha value is -3.27. The molecule has 146 valence electrons. The van der Waals surface area contributed by atoms with Crippen LogP contribution in [0.5, 0.6) is 11.5 Å². The fourth-order valence-electron chi connectivity index (χ4n) is 2.22. The predicted octanol–water partition coefficient (Wildman–Crippen LogP) is 3.18. The first-order valence-corrected chi connectivity index (χ1v) is 8.02. The summed E-state index contributed by atoms with van der Waals surface area (Å²) in [5.74, 6) is -1.28. The highest BCUT2D eigenvalue weighted by atomic mass is 35.5. The highest BCUT2D eigenvalue weighted by Crippen LogP contribution is 2.36. The van der Waals surface area contributed by atoms with Crippen molar-refractivity contribution in [1.29, 1.82) is 0 Å². The molecule has 0 spiro atoms. The van der Waals surface area contributed by atoms with Gasteiger partial charge in [0, 0.05) is 5.69 Å². The van der Waals surface area contributed by atoms with E-state index >= 15 is 0 Å². The number of amides is 2. The number of nitrogens with zero attached hydrogens (tertiary/aromatic N) is 1. The summed E-state index contributed by atoms with van der Waals surface area (Å²) >= 11 is 5.49. The summed E-state index contributed by atoms with van der Waals surface area (Å²) in [7, 11) is 0. The first-order chi connectivity index (χ1) is 13.2. The lowest BCUT2D eigenvalue weighted by Crippen LogP contribution is -2.32. The zero-order chi connectivity index (χ0) is 20.3. The normalized spacial score (nSPS) is 12.9. The number of halogens is 4. The van der Waals surface area contributed by atoms with E-state index in [0.29, 0.717) is 23.1 Å². The summed E-state index contributed by atoms with van der Waals surface area (Å²) in [6.07, 6.45) is -3.44. The second-order valence-electron chi connectivity index (χ2n) is 5.46. The van der Waals surface area contributed by atoms with Crippen LogP contribution in [0.1, 0.15) is 11.1 Å². The number of nitrogens with one attached hydrogen (secondary N) is 2. The van der Waals surface area contributed by atoms with Gasteiger partial charge in [-0.3, -0.25) is 9.59 Å². The van der Waals surface area contributed by atoms with Gasteiger partial charge in [-0.2, -0.15) is 18.3 Å². The molecular weight excluding hydrogens is 403 g/mol. The molecule has 1 aliphatic heterocycles. The Bertz CT molecular complexity index is 963. The van der Waals surface area contributed by atoms with Crippen LogP contribution in [0.3, 0.4) is 0 Å². The van der Waals surface area contributed by atoms with Gasteiger partial charge in [-0.25, -0.2) is 5.43 Å². The van der Waals surface area contributed by atoms with Gasteiger partial charge in [-0.1, -0.05) is 11.6 Å². The maximum absolute atomic E-state index is 12.8. The molecule has 0 fully saturated rings. The van der Waals surface area contributed by atoms with E-state index in [0.717, 1.165) is 12.1 Å². The minimum Gasteiger partial charge on any atom is -0.454 e. The number of anilines is 1. The molecule has 0 aliphatic carbocycles. The molecule has 7 nitrogen and oxygen atoms in total. The van der Waals surface area contributed by atoms with Crippen LogP contribution in [0.2, 0.25) is 5.02 Å². The van der Waals surface area contributed by atoms with Crippen LogP contribution >= 0.6 is 11.6 Å². The van der Waals surface area contributed by atoms with Crippen molar-refractivity contribution in [3.05, 3.63) is 52.5 Å². The molecule has 3 rings (SSSR count). The van der Waals surface area contributed by atoms with Gasteiger partial charge in [0.05, 0.1) is 16.8 Å². The molecule has 0 aromatic heterocycles. The summed E-state index contributed by atoms with van der Waals surface area (Å²) in [5, 5.41) is 5.14. The number of hydrazone groups is 1. The van der Waals surface area contributed by atoms with Crippen molar-refractivity contribution in [2.45, 2.75) is 6.18 Å². The molecule has 0 bridgehead atoms. The molecule has 1 heterocycles. The Morgan fingerprint density at radius 1 is 1.07 bits per heavy atom. The monoisotopic (exact) mass is 413 g/mol. The van der Waals surface area contributed by atoms with Crippen molar-refractivity contribution in [1.82, 2.24) is 5.43 Å². The summed E-state index contributed by atoms with van der Waals surface area (Å²) in [6.45, 7) is 0.105. The standard InChI is InChI=1S/C17H11ClF3N3O4/c18-12-3-2-10(6-11(12)17(19,20)21)23-15(25)16(26)24-22-7-9-1-4-13-14(5-9)28-8-27-13/h1-7H,8H2,(H,23,25)(H,24,26). The summed E-state index contributed by atoms with van der Waals surface area (Å²) in [6, 6.07) is 7.65. The third-order valence-corrected chi connectivity index (χ3v) is 3.84. The topological polar surface area (TPSA) is 89.0 Å². The smallest absolute Gasteiger partial charge is 0.417 e. The van der Waals surface area contributed by atoms with E-state index < -0.39 is 28.6 Å². The minimum absolute atomic E-state index is 0.105. The van der Waals surface area contributed by atoms with Crippen LogP contribution in [-0.2, 0) is 15.8 Å². The van der Waals surface area contributed by atoms with E-state index in [1.807, 2.05) is 10.7 Å². The van der Waals surface area contributed by atoms with Crippen LogP contribution in [0, 0.1) is 0 Å². The summed E-state index contributed by atoms with van der Waals surface area (Å²) in [4.78, 5) is 23.5. The van der Waals surface area contributed by atoms with E-state index in [1.165, 1.54) is 6.21 Å². The van der Waals surface area contributed by atoms with Gasteiger partial charge in [0.1, 0.15) is 0 Å². The minimum atomic E-state index is -4.70. The van der Waals surface area contributed by atoms with Crippen molar-refractivity contribution >= 4 is 35.3 Å². The first kappa shape index (κ1) is 19.5. The van der Waals surface area contributed by atoms with Crippen LogP contribution in [0.4, 0.5) is 18.9 Å². The number of hydrogen-bond donors (Lipinski definition) is 2. The number of hydrogen-bond acceptors (Lipinski definition) is 5. The van der Waals surface area contributed by atoms with E-state index in [4.69, 9.17) is 21.1 Å². The Balaban J connectivity index is 1.60. The van der Waals surface area contributed by atoms with E-state index in [-0.39, 0.29) is 12.5 Å². The SMILES string of the molecule is O=C(NN=Cc1ccc2c(c1)OCO2)C(=O)Nc1ccc(Cl)c(C(F)(F)F)c1. The van der Waals surface area contributed by atoms with Crippen molar-refractivity contribution in [3.63, 3.8) is 0 Å². The third kappa shape index (κ3) is 4.52. The van der Waals surface area contributed by atoms with E-state index in [9.17, 15) is 22.8 Å². The lowest BCUT2D eigenvalue weighted by atomic mass is 10.2. The van der Waals surface area contributed by atoms with Gasteiger partial charge < -0.3 is 14.8 Å². The number of alkyl halides is 3. The van der Waals surface area contributed by atoms with Crippen LogP contribution in [-0.4, -0.2) is 24.8 Å². The molecule has 0 saturated carbocycles. The molecular formula is C17H11ClF3N3O4. The molecule has 0 radical (unpaired) electrons. The van der Waals surface area contributed by atoms with E-state index in [1.54, 1.807) is 18.2 Å². The van der Waals surface area contributed by atoms with Crippen LogP contribution in [0.25, 0.3) is 0 Å². The average Bonchev–Trinajstić information content (AvgIpc) is 3.10. The molecule has 0 saturated heterocycles. The quantitative estimate of drug-likeness (QED) is 0.459. The van der Waals surface area contributed by atoms with Crippen molar-refractivity contribution in [2.75, 3.05) is 12.1 Å². The molecule has 0 atom stereocenters. The Morgan fingerprint density at radius 2 is 1.82 bits per heavy atom. The van der Waals surface area contributed by atoms with Gasteiger partial charge in [0.2, 0.25) is 6.79 Å². The zero-order valence-electron chi connectivity index (χ0n) is 13.8. The van der Waals surface area contributed by atoms with Crippen molar-refractivity contribution in [2.24, 2.45) is 5.10 Å². The number of rotatable bonds is 3. The van der Waals surface area contributed by atoms with Crippen LogP contribution in [0.15, 0.2) is 41.5 Å². The average molecular weight is 414 g/mol. The van der Waals surface area contributed by atoms with Gasteiger partial charge in [-0.05, 0) is 42.0 Å². The molecule has 28 heavy (non-hydrogen) atoms. The number of fused-ring (bicyclic) bond motifs is 1. The maximum Gasteiger partial charge on any atom is 0.417 e. The summed E-state index contributed by atoms with van der Waals surface area (Å²) < 4.78 is 48.8. The molecule has 2 aromatic carbocycles. The number of carbonyl (C=O) groups excluding carboxylic acids is 2.